The lowest BCUT2D eigenvalue weighted by Crippen LogP contribution is -2.13. The normalized spacial score (nSPS) is 11.5. The molecule has 0 unspecified atom stereocenters. The number of aromatic nitrogens is 1. The Kier molecular flexibility index (Phi) is 2.50. The van der Waals surface area contributed by atoms with Crippen molar-refractivity contribution in [3.8, 4) is 0 Å². The number of hydrogen-bond donors (Lipinski definition) is 0. The van der Waals surface area contributed by atoms with Gasteiger partial charge in [-0.15, -0.1) is 0 Å². The van der Waals surface area contributed by atoms with Crippen molar-refractivity contribution in [2.24, 2.45) is 0 Å². The summed E-state index contributed by atoms with van der Waals surface area (Å²) in [6, 6.07) is 2.72. The smallest absolute Gasteiger partial charge is 0.270 e. The fourth-order valence-corrected chi connectivity index (χ4v) is 0.936. The van der Waals surface area contributed by atoms with E-state index in [0.29, 0.717) is 5.82 Å². The molecular weight excluding hydrogens is 174 g/mol. The molecule has 1 aromatic rings. The van der Waals surface area contributed by atoms with E-state index in [1.807, 2.05) is 0 Å². The Bertz CT molecular complexity index is 292. The highest BCUT2D eigenvalue weighted by molar-refractivity contribution is 5.40. The van der Waals surface area contributed by atoms with Crippen LogP contribution in [0.3, 0.4) is 0 Å². The van der Waals surface area contributed by atoms with Gasteiger partial charge in [-0.1, -0.05) is 0 Å². The maximum Gasteiger partial charge on any atom is 0.270 e. The van der Waals surface area contributed by atoms with E-state index in [2.05, 4.69) is 4.98 Å². The summed E-state index contributed by atoms with van der Waals surface area (Å²) in [6.07, 6.45) is 1.39. The van der Waals surface area contributed by atoms with Crippen LogP contribution >= 0.6 is 0 Å². The Morgan fingerprint density at radius 1 is 1.38 bits per heavy atom. The van der Waals surface area contributed by atoms with Crippen LogP contribution < -0.4 is 4.90 Å². The predicted octanol–water partition coefficient (Wildman–Crippen LogP) is 2.26. The van der Waals surface area contributed by atoms with E-state index in [0.717, 1.165) is 6.92 Å². The van der Waals surface area contributed by atoms with E-state index < -0.39 is 5.92 Å². The van der Waals surface area contributed by atoms with Crippen LogP contribution in [0, 0.1) is 0 Å². The number of pyridine rings is 1. The number of alkyl halides is 2. The molecule has 0 aromatic carbocycles. The van der Waals surface area contributed by atoms with Crippen molar-refractivity contribution in [3.63, 3.8) is 0 Å². The molecule has 72 valence electrons. The first-order chi connectivity index (χ1) is 5.91. The lowest BCUT2D eigenvalue weighted by atomic mass is 10.1. The van der Waals surface area contributed by atoms with Crippen molar-refractivity contribution < 1.29 is 8.78 Å². The molecule has 2 nitrogen and oxygen atoms in total. The Morgan fingerprint density at radius 3 is 2.46 bits per heavy atom. The molecular formula is C9H12F2N2. The van der Waals surface area contributed by atoms with Crippen LogP contribution in [-0.4, -0.2) is 19.1 Å². The Hall–Kier alpha value is -1.19. The highest BCUT2D eigenvalue weighted by atomic mass is 19.3. The first kappa shape index (κ1) is 9.89. The van der Waals surface area contributed by atoms with Crippen molar-refractivity contribution in [1.82, 2.24) is 4.98 Å². The van der Waals surface area contributed by atoms with Crippen LogP contribution in [0.25, 0.3) is 0 Å². The average molecular weight is 186 g/mol. The first-order valence-corrected chi connectivity index (χ1v) is 3.93. The average Bonchev–Trinajstić information content (AvgIpc) is 2.03. The lowest BCUT2D eigenvalue weighted by molar-refractivity contribution is 0.0174. The zero-order chi connectivity index (χ0) is 10.1. The molecule has 0 bridgehead atoms. The number of rotatable bonds is 2. The summed E-state index contributed by atoms with van der Waals surface area (Å²) >= 11 is 0. The third-order valence-electron chi connectivity index (χ3n) is 1.71. The van der Waals surface area contributed by atoms with Gasteiger partial charge in [-0.3, -0.25) is 0 Å². The predicted molar refractivity (Wildman–Crippen MR) is 48.1 cm³/mol. The van der Waals surface area contributed by atoms with Gasteiger partial charge in [-0.05, 0) is 12.1 Å². The zero-order valence-corrected chi connectivity index (χ0v) is 7.88. The van der Waals surface area contributed by atoms with Gasteiger partial charge in [0.05, 0.1) is 0 Å². The van der Waals surface area contributed by atoms with E-state index in [1.165, 1.54) is 18.3 Å². The topological polar surface area (TPSA) is 16.1 Å². The first-order valence-electron chi connectivity index (χ1n) is 3.93. The van der Waals surface area contributed by atoms with Crippen molar-refractivity contribution in [1.29, 1.82) is 0 Å². The second-order valence-corrected chi connectivity index (χ2v) is 3.19. The minimum Gasteiger partial charge on any atom is -0.363 e. The second kappa shape index (κ2) is 3.28. The number of nitrogens with zero attached hydrogens (tertiary/aromatic N) is 2. The van der Waals surface area contributed by atoms with Crippen LogP contribution in [0.4, 0.5) is 14.6 Å². The molecule has 0 fully saturated rings. The van der Waals surface area contributed by atoms with Gasteiger partial charge in [0.2, 0.25) is 0 Å². The zero-order valence-electron chi connectivity index (χ0n) is 7.88. The van der Waals surface area contributed by atoms with E-state index in [9.17, 15) is 8.78 Å². The Balaban J connectivity index is 3.06. The largest absolute Gasteiger partial charge is 0.363 e. The highest BCUT2D eigenvalue weighted by Gasteiger charge is 2.24. The summed E-state index contributed by atoms with van der Waals surface area (Å²) < 4.78 is 25.7. The van der Waals surface area contributed by atoms with Gasteiger partial charge in [-0.25, -0.2) is 13.8 Å². The van der Waals surface area contributed by atoms with Gasteiger partial charge in [0.15, 0.2) is 0 Å². The minimum atomic E-state index is -2.80. The van der Waals surface area contributed by atoms with E-state index in [4.69, 9.17) is 0 Å². The van der Waals surface area contributed by atoms with Crippen LogP contribution in [0.1, 0.15) is 12.5 Å². The third-order valence-corrected chi connectivity index (χ3v) is 1.71. The molecule has 0 N–H and O–H groups in total. The quantitative estimate of drug-likeness (QED) is 0.704. The highest BCUT2D eigenvalue weighted by Crippen LogP contribution is 2.27. The standard InChI is InChI=1S/C9H12F2N2/c1-9(10,11)7-4-5-12-8(6-7)13(2)3/h4-6H,1-3H3. The molecule has 0 radical (unpaired) electrons. The molecule has 0 amide bonds. The molecule has 0 spiro atoms. The summed E-state index contributed by atoms with van der Waals surface area (Å²) in [5.41, 5.74) is -0.00815. The molecule has 1 rings (SSSR count). The summed E-state index contributed by atoms with van der Waals surface area (Å²) in [6.45, 7) is 0.877. The molecule has 0 saturated carbocycles. The van der Waals surface area contributed by atoms with Gasteiger partial charge in [0.25, 0.3) is 5.92 Å². The molecule has 0 aliphatic carbocycles. The van der Waals surface area contributed by atoms with Crippen molar-refractivity contribution in [2.75, 3.05) is 19.0 Å². The van der Waals surface area contributed by atoms with Gasteiger partial charge >= 0.3 is 0 Å². The maximum atomic E-state index is 12.9. The summed E-state index contributed by atoms with van der Waals surface area (Å²) in [4.78, 5) is 5.63. The molecule has 13 heavy (non-hydrogen) atoms. The Morgan fingerprint density at radius 2 is 2.00 bits per heavy atom. The van der Waals surface area contributed by atoms with Crippen molar-refractivity contribution in [3.05, 3.63) is 23.9 Å². The number of hydrogen-bond acceptors (Lipinski definition) is 2. The van der Waals surface area contributed by atoms with Gasteiger partial charge in [-0.2, -0.15) is 0 Å². The maximum absolute atomic E-state index is 12.9. The monoisotopic (exact) mass is 186 g/mol. The number of anilines is 1. The number of halogens is 2. The molecule has 0 atom stereocenters. The Labute approximate surface area is 76.2 Å². The summed E-state index contributed by atoms with van der Waals surface area (Å²) in [5, 5.41) is 0. The van der Waals surface area contributed by atoms with E-state index in [-0.39, 0.29) is 5.56 Å². The fraction of sp³-hybridized carbons (Fsp3) is 0.444. The summed E-state index contributed by atoms with van der Waals surface area (Å²) in [7, 11) is 3.53. The van der Waals surface area contributed by atoms with E-state index in [1.54, 1.807) is 19.0 Å². The van der Waals surface area contributed by atoms with Crippen LogP contribution in [0.5, 0.6) is 0 Å². The van der Waals surface area contributed by atoms with Crippen molar-refractivity contribution in [2.45, 2.75) is 12.8 Å². The van der Waals surface area contributed by atoms with Gasteiger partial charge in [0.1, 0.15) is 5.82 Å². The third kappa shape index (κ3) is 2.37. The van der Waals surface area contributed by atoms with E-state index >= 15 is 0 Å². The second-order valence-electron chi connectivity index (χ2n) is 3.19. The SMILES string of the molecule is CN(C)c1cc(C(C)(F)F)ccn1. The fourth-order valence-electron chi connectivity index (χ4n) is 0.936. The van der Waals surface area contributed by atoms with Crippen LogP contribution in [0.15, 0.2) is 18.3 Å². The lowest BCUT2D eigenvalue weighted by Gasteiger charge is -2.15. The van der Waals surface area contributed by atoms with Gasteiger partial charge < -0.3 is 4.90 Å². The molecule has 4 heteroatoms. The minimum absolute atomic E-state index is 0.00815. The molecule has 0 saturated heterocycles. The summed E-state index contributed by atoms with van der Waals surface area (Å²) in [5.74, 6) is -2.26. The molecule has 0 aliphatic rings. The van der Waals surface area contributed by atoms with Crippen molar-refractivity contribution >= 4 is 5.82 Å². The van der Waals surface area contributed by atoms with Crippen LogP contribution in [-0.2, 0) is 5.92 Å². The molecule has 1 aromatic heterocycles. The van der Waals surface area contributed by atoms with Crippen LogP contribution in [0.2, 0.25) is 0 Å². The molecule has 1 heterocycles. The molecule has 0 aliphatic heterocycles. The van der Waals surface area contributed by atoms with Gasteiger partial charge in [0, 0.05) is 32.8 Å².